The number of fused-ring (bicyclic) bond motifs is 2. The van der Waals surface area contributed by atoms with Crippen molar-refractivity contribution < 1.29 is 9.53 Å². The first-order chi connectivity index (χ1) is 15.0. The Kier molecular flexibility index (Phi) is 5.66. The van der Waals surface area contributed by atoms with Crippen molar-refractivity contribution in [3.8, 4) is 0 Å². The van der Waals surface area contributed by atoms with Crippen molar-refractivity contribution in [2.45, 2.75) is 39.3 Å². The molecule has 31 heavy (non-hydrogen) atoms. The third-order valence-electron chi connectivity index (χ3n) is 5.25. The molecule has 1 N–H and O–H groups in total. The van der Waals surface area contributed by atoms with Gasteiger partial charge in [0.25, 0.3) is 5.56 Å². The van der Waals surface area contributed by atoms with Gasteiger partial charge in [0.1, 0.15) is 12.4 Å². The van der Waals surface area contributed by atoms with Crippen LogP contribution in [-0.2, 0) is 36.2 Å². The van der Waals surface area contributed by atoms with Crippen molar-refractivity contribution in [2.24, 2.45) is 7.05 Å². The van der Waals surface area contributed by atoms with Crippen LogP contribution in [0.15, 0.2) is 46.1 Å². The van der Waals surface area contributed by atoms with E-state index in [1.54, 1.807) is 17.8 Å². The van der Waals surface area contributed by atoms with Gasteiger partial charge >= 0.3 is 11.7 Å². The second-order valence-corrected chi connectivity index (χ2v) is 7.35. The zero-order valence-electron chi connectivity index (χ0n) is 17.4. The smallest absolute Gasteiger partial charge is 0.330 e. The first-order valence-corrected chi connectivity index (χ1v) is 10.2. The van der Waals surface area contributed by atoms with Gasteiger partial charge in [0, 0.05) is 25.2 Å². The SMILES string of the molecule is CCCCn1c(=O)[nH]c(=O)c2c1nc(COC(=O)Cc1cccc3cccnc13)n2C. The van der Waals surface area contributed by atoms with E-state index in [1.807, 2.05) is 37.3 Å². The summed E-state index contributed by atoms with van der Waals surface area (Å²) in [7, 11) is 1.66. The molecule has 9 heteroatoms. The van der Waals surface area contributed by atoms with Crippen molar-refractivity contribution >= 4 is 28.0 Å². The van der Waals surface area contributed by atoms with Crippen LogP contribution in [-0.4, -0.2) is 30.1 Å². The van der Waals surface area contributed by atoms with E-state index in [1.165, 1.54) is 4.57 Å². The molecule has 0 amide bonds. The minimum atomic E-state index is -0.512. The standard InChI is InChI=1S/C22H23N5O4/c1-3-4-11-27-20-19(21(29)25-22(27)30)26(2)16(24-20)13-31-17(28)12-15-8-5-7-14-9-6-10-23-18(14)15/h5-10H,3-4,11-13H2,1-2H3,(H,25,29,30). The summed E-state index contributed by atoms with van der Waals surface area (Å²) in [6.45, 7) is 2.36. The largest absolute Gasteiger partial charge is 0.457 e. The summed E-state index contributed by atoms with van der Waals surface area (Å²) >= 11 is 0. The highest BCUT2D eigenvalue weighted by Gasteiger charge is 2.18. The first kappa shape index (κ1) is 20.5. The lowest BCUT2D eigenvalue weighted by atomic mass is 10.1. The summed E-state index contributed by atoms with van der Waals surface area (Å²) in [5, 5.41) is 0.951. The van der Waals surface area contributed by atoms with E-state index in [-0.39, 0.29) is 18.5 Å². The number of para-hydroxylation sites is 1. The summed E-state index contributed by atoms with van der Waals surface area (Å²) in [4.78, 5) is 48.1. The van der Waals surface area contributed by atoms with E-state index in [9.17, 15) is 14.4 Å². The predicted molar refractivity (Wildman–Crippen MR) is 116 cm³/mol. The van der Waals surface area contributed by atoms with E-state index in [0.29, 0.717) is 18.0 Å². The van der Waals surface area contributed by atoms with Crippen LogP contribution in [0.25, 0.3) is 22.1 Å². The number of nitrogens with one attached hydrogen (secondary N) is 1. The summed E-state index contributed by atoms with van der Waals surface area (Å²) < 4.78 is 8.44. The molecule has 0 unspecified atom stereocenters. The van der Waals surface area contributed by atoms with Gasteiger partial charge in [-0.15, -0.1) is 0 Å². The lowest BCUT2D eigenvalue weighted by molar-refractivity contribution is -0.144. The number of rotatable bonds is 7. The number of unbranched alkanes of at least 4 members (excludes halogenated alkanes) is 1. The summed E-state index contributed by atoms with van der Waals surface area (Å²) in [6, 6.07) is 9.44. The molecule has 4 rings (SSSR count). The Morgan fingerprint density at radius 1 is 1.19 bits per heavy atom. The molecule has 0 saturated carbocycles. The Labute approximate surface area is 177 Å². The topological polar surface area (TPSA) is 112 Å². The van der Waals surface area contributed by atoms with Crippen molar-refractivity contribution in [3.63, 3.8) is 0 Å². The molecule has 4 aromatic rings. The average Bonchev–Trinajstić information content (AvgIpc) is 3.09. The van der Waals surface area contributed by atoms with Gasteiger partial charge in [0.2, 0.25) is 0 Å². The average molecular weight is 421 g/mol. The van der Waals surface area contributed by atoms with Crippen LogP contribution in [0.2, 0.25) is 0 Å². The fourth-order valence-electron chi connectivity index (χ4n) is 3.61. The van der Waals surface area contributed by atoms with Gasteiger partial charge in [0.05, 0.1) is 11.9 Å². The maximum absolute atomic E-state index is 12.5. The summed E-state index contributed by atoms with van der Waals surface area (Å²) in [5.41, 5.74) is 1.11. The third kappa shape index (κ3) is 3.98. The van der Waals surface area contributed by atoms with E-state index >= 15 is 0 Å². The molecule has 0 spiro atoms. The molecule has 0 aliphatic carbocycles. The Hall–Kier alpha value is -3.75. The molecule has 0 atom stereocenters. The van der Waals surface area contributed by atoms with Crippen LogP contribution in [0, 0.1) is 0 Å². The number of carbonyl (C=O) groups excluding carboxylic acids is 1. The number of carbonyl (C=O) groups is 1. The lowest BCUT2D eigenvalue weighted by Gasteiger charge is -2.07. The molecule has 0 aliphatic rings. The van der Waals surface area contributed by atoms with E-state index in [2.05, 4.69) is 15.0 Å². The third-order valence-corrected chi connectivity index (χ3v) is 5.25. The van der Waals surface area contributed by atoms with Gasteiger partial charge in [-0.3, -0.25) is 24.1 Å². The highest BCUT2D eigenvalue weighted by molar-refractivity contribution is 5.85. The van der Waals surface area contributed by atoms with Crippen molar-refractivity contribution in [1.82, 2.24) is 24.1 Å². The molecule has 1 aromatic carbocycles. The lowest BCUT2D eigenvalue weighted by Crippen LogP contribution is -2.31. The number of pyridine rings is 1. The number of ether oxygens (including phenoxy) is 1. The molecular formula is C22H23N5O4. The van der Waals surface area contributed by atoms with E-state index in [4.69, 9.17) is 4.74 Å². The molecule has 9 nitrogen and oxygen atoms in total. The fraction of sp³-hybridized carbons (Fsp3) is 0.318. The van der Waals surface area contributed by atoms with Gasteiger partial charge in [-0.2, -0.15) is 0 Å². The number of aromatic amines is 1. The Bertz CT molecular complexity index is 1380. The molecule has 160 valence electrons. The zero-order valence-corrected chi connectivity index (χ0v) is 17.4. The zero-order chi connectivity index (χ0) is 22.0. The van der Waals surface area contributed by atoms with Crippen molar-refractivity contribution in [1.29, 1.82) is 0 Å². The van der Waals surface area contributed by atoms with Crippen LogP contribution >= 0.6 is 0 Å². The summed E-state index contributed by atoms with van der Waals surface area (Å²) in [6.07, 6.45) is 3.43. The maximum Gasteiger partial charge on any atom is 0.330 e. The number of aromatic nitrogens is 5. The monoisotopic (exact) mass is 421 g/mol. The molecule has 3 aromatic heterocycles. The summed E-state index contributed by atoms with van der Waals surface area (Å²) in [5.74, 6) is -0.0387. The number of nitrogens with zero attached hydrogens (tertiary/aromatic N) is 4. The molecule has 0 fully saturated rings. The van der Waals surface area contributed by atoms with Gasteiger partial charge in [-0.1, -0.05) is 37.6 Å². The highest BCUT2D eigenvalue weighted by Crippen LogP contribution is 2.17. The van der Waals surface area contributed by atoms with Crippen molar-refractivity contribution in [3.05, 3.63) is 68.8 Å². The maximum atomic E-state index is 12.5. The van der Waals surface area contributed by atoms with Crippen LogP contribution in [0.3, 0.4) is 0 Å². The number of esters is 1. The number of aryl methyl sites for hydroxylation is 2. The normalized spacial score (nSPS) is 11.3. The minimum Gasteiger partial charge on any atom is -0.457 e. The second kappa shape index (κ2) is 8.55. The highest BCUT2D eigenvalue weighted by atomic mass is 16.5. The van der Waals surface area contributed by atoms with Gasteiger partial charge < -0.3 is 9.30 Å². The number of imidazole rings is 1. The molecule has 0 bridgehead atoms. The molecule has 0 radical (unpaired) electrons. The molecule has 0 aliphatic heterocycles. The van der Waals surface area contributed by atoms with E-state index < -0.39 is 17.2 Å². The van der Waals surface area contributed by atoms with Gasteiger partial charge in [-0.25, -0.2) is 9.78 Å². The minimum absolute atomic E-state index is 0.0695. The number of hydrogen-bond acceptors (Lipinski definition) is 6. The second-order valence-electron chi connectivity index (χ2n) is 7.35. The number of hydrogen-bond donors (Lipinski definition) is 1. The van der Waals surface area contributed by atoms with Crippen LogP contribution in [0.1, 0.15) is 31.2 Å². The molecular weight excluding hydrogens is 398 g/mol. The van der Waals surface area contributed by atoms with Crippen LogP contribution in [0.5, 0.6) is 0 Å². The van der Waals surface area contributed by atoms with E-state index in [0.717, 1.165) is 29.3 Å². The Morgan fingerprint density at radius 2 is 2.00 bits per heavy atom. The fourth-order valence-corrected chi connectivity index (χ4v) is 3.61. The molecule has 0 saturated heterocycles. The first-order valence-electron chi connectivity index (χ1n) is 10.2. The van der Waals surface area contributed by atoms with Gasteiger partial charge in [-0.05, 0) is 18.1 Å². The van der Waals surface area contributed by atoms with Crippen LogP contribution in [0.4, 0.5) is 0 Å². The number of benzene rings is 1. The number of H-pyrrole nitrogens is 1. The quantitative estimate of drug-likeness (QED) is 0.457. The predicted octanol–water partition coefficient (Wildman–Crippen LogP) is 2.06. The Morgan fingerprint density at radius 3 is 2.81 bits per heavy atom. The molecule has 3 heterocycles. The Balaban J connectivity index is 1.57. The van der Waals surface area contributed by atoms with Gasteiger partial charge in [0.15, 0.2) is 11.2 Å². The van der Waals surface area contributed by atoms with Crippen LogP contribution < -0.4 is 11.2 Å². The van der Waals surface area contributed by atoms with Crippen molar-refractivity contribution in [2.75, 3.05) is 0 Å².